The van der Waals surface area contributed by atoms with Crippen LogP contribution in [0.5, 0.6) is 5.75 Å². The summed E-state index contributed by atoms with van der Waals surface area (Å²) in [6.45, 7) is 2.30. The average molecular weight is 291 g/mol. The van der Waals surface area contributed by atoms with Crippen molar-refractivity contribution in [3.05, 3.63) is 23.8 Å². The molecule has 1 aromatic rings. The Bertz CT molecular complexity index is 516. The van der Waals surface area contributed by atoms with Crippen LogP contribution in [0.15, 0.2) is 18.2 Å². The predicted octanol–water partition coefficient (Wildman–Crippen LogP) is 1.98. The van der Waals surface area contributed by atoms with Crippen LogP contribution in [0, 0.1) is 0 Å². The molecule has 20 heavy (non-hydrogen) atoms. The van der Waals surface area contributed by atoms with E-state index in [1.165, 1.54) is 25.8 Å². The van der Waals surface area contributed by atoms with Crippen molar-refractivity contribution in [2.75, 3.05) is 25.5 Å². The molecule has 1 aliphatic carbocycles. The molecule has 1 aliphatic heterocycles. The van der Waals surface area contributed by atoms with Crippen LogP contribution in [0.4, 0.5) is 5.69 Å². The van der Waals surface area contributed by atoms with Gasteiger partial charge in [-0.1, -0.05) is 12.2 Å². The lowest BCUT2D eigenvalue weighted by Gasteiger charge is -2.19. The zero-order valence-corrected chi connectivity index (χ0v) is 12.6. The van der Waals surface area contributed by atoms with Gasteiger partial charge in [0.25, 0.3) is 0 Å². The fourth-order valence-electron chi connectivity index (χ4n) is 2.88. The van der Waals surface area contributed by atoms with Crippen molar-refractivity contribution in [3.8, 4) is 5.75 Å². The highest BCUT2D eigenvalue weighted by atomic mass is 32.1. The summed E-state index contributed by atoms with van der Waals surface area (Å²) in [6.07, 6.45) is 3.90. The summed E-state index contributed by atoms with van der Waals surface area (Å²) in [5.41, 5.74) is 7.69. The van der Waals surface area contributed by atoms with Crippen molar-refractivity contribution in [2.45, 2.75) is 31.3 Å². The maximum atomic E-state index is 5.81. The highest BCUT2D eigenvalue weighted by Gasteiger charge is 2.34. The van der Waals surface area contributed by atoms with E-state index in [2.05, 4.69) is 10.2 Å². The van der Waals surface area contributed by atoms with Gasteiger partial charge in [0.05, 0.1) is 7.11 Å². The third-order valence-corrected chi connectivity index (χ3v) is 4.35. The molecule has 1 unspecified atom stereocenters. The van der Waals surface area contributed by atoms with E-state index in [-0.39, 0.29) is 0 Å². The molecule has 0 amide bonds. The highest BCUT2D eigenvalue weighted by Crippen LogP contribution is 2.31. The Morgan fingerprint density at radius 3 is 2.85 bits per heavy atom. The van der Waals surface area contributed by atoms with E-state index in [9.17, 15) is 0 Å². The minimum absolute atomic E-state index is 0.423. The number of benzene rings is 1. The summed E-state index contributed by atoms with van der Waals surface area (Å²) in [5.74, 6) is 0.824. The number of anilines is 1. The van der Waals surface area contributed by atoms with Crippen molar-refractivity contribution in [3.63, 3.8) is 0 Å². The number of thiocarbonyl (C=S) groups is 1. The average Bonchev–Trinajstić information content (AvgIpc) is 3.19. The molecule has 0 spiro atoms. The summed E-state index contributed by atoms with van der Waals surface area (Å²) in [7, 11) is 1.67. The summed E-state index contributed by atoms with van der Waals surface area (Å²) < 4.78 is 5.29. The fourth-order valence-corrected chi connectivity index (χ4v) is 3.06. The Morgan fingerprint density at radius 1 is 1.40 bits per heavy atom. The topological polar surface area (TPSA) is 50.5 Å². The number of methoxy groups -OCH3 is 1. The first-order valence-electron chi connectivity index (χ1n) is 7.16. The number of hydrogen-bond acceptors (Lipinski definition) is 4. The van der Waals surface area contributed by atoms with Crippen molar-refractivity contribution >= 4 is 22.9 Å². The minimum Gasteiger partial charge on any atom is -0.497 e. The fraction of sp³-hybridized carbons (Fsp3) is 0.533. The number of hydrogen-bond donors (Lipinski definition) is 2. The molecule has 1 saturated carbocycles. The molecule has 2 aliphatic rings. The molecule has 108 valence electrons. The van der Waals surface area contributed by atoms with Gasteiger partial charge in [-0.2, -0.15) is 0 Å². The van der Waals surface area contributed by atoms with Gasteiger partial charge in [0.1, 0.15) is 10.7 Å². The van der Waals surface area contributed by atoms with Gasteiger partial charge >= 0.3 is 0 Å². The third kappa shape index (κ3) is 2.88. The van der Waals surface area contributed by atoms with Crippen molar-refractivity contribution in [1.29, 1.82) is 0 Å². The van der Waals surface area contributed by atoms with Crippen LogP contribution in [0.25, 0.3) is 0 Å². The largest absolute Gasteiger partial charge is 0.497 e. The Balaban J connectivity index is 1.73. The lowest BCUT2D eigenvalue weighted by atomic mass is 10.1. The number of nitrogens with two attached hydrogens (primary N) is 1. The maximum absolute atomic E-state index is 5.81. The molecule has 2 fully saturated rings. The van der Waals surface area contributed by atoms with E-state index in [0.717, 1.165) is 29.6 Å². The zero-order chi connectivity index (χ0) is 14.1. The standard InChI is InChI=1S/C15H21N3OS/c1-19-12-4-5-13(15(16)20)14(8-12)17-10-6-7-18(9-10)11-2-3-11/h4-5,8,10-11,17H,2-3,6-7,9H2,1H3,(H2,16,20). The van der Waals surface area contributed by atoms with Gasteiger partial charge in [0.2, 0.25) is 0 Å². The van der Waals surface area contributed by atoms with Gasteiger partial charge in [-0.05, 0) is 31.4 Å². The molecular weight excluding hydrogens is 270 g/mol. The number of nitrogens with one attached hydrogen (secondary N) is 1. The quantitative estimate of drug-likeness (QED) is 0.813. The second-order valence-electron chi connectivity index (χ2n) is 5.63. The van der Waals surface area contributed by atoms with Crippen LogP contribution >= 0.6 is 12.2 Å². The minimum atomic E-state index is 0.423. The number of rotatable bonds is 5. The Hall–Kier alpha value is -1.33. The molecule has 0 aromatic heterocycles. The van der Waals surface area contributed by atoms with Gasteiger partial charge in [0, 0.05) is 42.5 Å². The van der Waals surface area contributed by atoms with E-state index >= 15 is 0 Å². The van der Waals surface area contributed by atoms with Gasteiger partial charge in [-0.25, -0.2) is 0 Å². The Labute approximate surface area is 125 Å². The third-order valence-electron chi connectivity index (χ3n) is 4.13. The number of ether oxygens (including phenoxy) is 1. The molecule has 1 aromatic carbocycles. The smallest absolute Gasteiger partial charge is 0.120 e. The first-order chi connectivity index (χ1) is 9.67. The van der Waals surface area contributed by atoms with Crippen LogP contribution in [-0.4, -0.2) is 42.2 Å². The second kappa shape index (κ2) is 5.58. The molecule has 0 bridgehead atoms. The molecular formula is C15H21N3OS. The second-order valence-corrected chi connectivity index (χ2v) is 6.07. The van der Waals surface area contributed by atoms with E-state index in [1.54, 1.807) is 7.11 Å². The van der Waals surface area contributed by atoms with E-state index in [4.69, 9.17) is 22.7 Å². The first kappa shape index (κ1) is 13.6. The molecule has 3 N–H and O–H groups in total. The van der Waals surface area contributed by atoms with Crippen LogP contribution < -0.4 is 15.8 Å². The van der Waals surface area contributed by atoms with E-state index < -0.39 is 0 Å². The lowest BCUT2D eigenvalue weighted by Crippen LogP contribution is -2.28. The van der Waals surface area contributed by atoms with Crippen LogP contribution in [0.3, 0.4) is 0 Å². The monoisotopic (exact) mass is 291 g/mol. The van der Waals surface area contributed by atoms with Gasteiger partial charge in [-0.3, -0.25) is 4.90 Å². The van der Waals surface area contributed by atoms with Crippen LogP contribution in [0.2, 0.25) is 0 Å². The highest BCUT2D eigenvalue weighted by molar-refractivity contribution is 7.80. The Morgan fingerprint density at radius 2 is 2.20 bits per heavy atom. The lowest BCUT2D eigenvalue weighted by molar-refractivity contribution is 0.326. The van der Waals surface area contributed by atoms with Crippen LogP contribution in [0.1, 0.15) is 24.8 Å². The normalized spacial score (nSPS) is 22.8. The van der Waals surface area contributed by atoms with E-state index in [1.807, 2.05) is 18.2 Å². The van der Waals surface area contributed by atoms with Gasteiger partial charge in [-0.15, -0.1) is 0 Å². The molecule has 1 saturated heterocycles. The number of nitrogens with zero attached hydrogens (tertiary/aromatic N) is 1. The van der Waals surface area contributed by atoms with Gasteiger partial charge < -0.3 is 15.8 Å². The number of likely N-dealkylation sites (tertiary alicyclic amines) is 1. The molecule has 1 atom stereocenters. The van der Waals surface area contributed by atoms with Crippen molar-refractivity contribution < 1.29 is 4.74 Å². The Kier molecular flexibility index (Phi) is 3.81. The van der Waals surface area contributed by atoms with Crippen molar-refractivity contribution in [1.82, 2.24) is 4.90 Å². The van der Waals surface area contributed by atoms with Crippen molar-refractivity contribution in [2.24, 2.45) is 5.73 Å². The van der Waals surface area contributed by atoms with E-state index in [0.29, 0.717) is 11.0 Å². The maximum Gasteiger partial charge on any atom is 0.120 e. The predicted molar refractivity (Wildman–Crippen MR) is 85.5 cm³/mol. The summed E-state index contributed by atoms with van der Waals surface area (Å²) >= 11 is 5.13. The summed E-state index contributed by atoms with van der Waals surface area (Å²) in [5, 5.41) is 3.59. The van der Waals surface area contributed by atoms with Crippen LogP contribution in [-0.2, 0) is 0 Å². The molecule has 1 heterocycles. The molecule has 3 rings (SSSR count). The molecule has 0 radical (unpaired) electrons. The van der Waals surface area contributed by atoms with Gasteiger partial charge in [0.15, 0.2) is 0 Å². The summed E-state index contributed by atoms with van der Waals surface area (Å²) in [4.78, 5) is 3.00. The zero-order valence-electron chi connectivity index (χ0n) is 11.8. The first-order valence-corrected chi connectivity index (χ1v) is 7.56. The summed E-state index contributed by atoms with van der Waals surface area (Å²) in [6, 6.07) is 7.11. The molecule has 5 heteroatoms. The SMILES string of the molecule is COc1ccc(C(N)=S)c(NC2CCN(C3CC3)C2)c1. The molecule has 4 nitrogen and oxygen atoms in total.